The quantitative estimate of drug-likeness (QED) is 0.261. The summed E-state index contributed by atoms with van der Waals surface area (Å²) < 4.78 is 5.56. The number of piperazine rings is 1. The Morgan fingerprint density at radius 3 is 1.95 bits per heavy atom. The second-order valence-electron chi connectivity index (χ2n) is 9.77. The third-order valence-corrected chi connectivity index (χ3v) is 7.27. The maximum atomic E-state index is 14.2. The minimum absolute atomic E-state index is 0.0470. The number of carboxylic acid groups (broad SMARTS) is 1. The van der Waals surface area contributed by atoms with Crippen molar-refractivity contribution in [1.82, 2.24) is 9.80 Å². The van der Waals surface area contributed by atoms with E-state index < -0.39 is 30.0 Å². The summed E-state index contributed by atoms with van der Waals surface area (Å²) in [7, 11) is 0. The first-order valence-electron chi connectivity index (χ1n) is 13.4. The Hall–Kier alpha value is -5.64. The molecule has 4 aromatic rings. The van der Waals surface area contributed by atoms with E-state index >= 15 is 0 Å². The summed E-state index contributed by atoms with van der Waals surface area (Å²) in [6, 6.07) is 28.9. The second-order valence-corrected chi connectivity index (χ2v) is 9.77. The van der Waals surface area contributed by atoms with Gasteiger partial charge in [-0.25, -0.2) is 19.2 Å². The fourth-order valence-corrected chi connectivity index (χ4v) is 5.25. The number of anilines is 4. The van der Waals surface area contributed by atoms with Crippen LogP contribution >= 0.6 is 0 Å². The summed E-state index contributed by atoms with van der Waals surface area (Å²) in [5.74, 6) is -1.70. The zero-order valence-corrected chi connectivity index (χ0v) is 22.4. The first-order valence-corrected chi connectivity index (χ1v) is 13.4. The molecular formula is C32H26N4O6. The minimum Gasteiger partial charge on any atom is -0.480 e. The summed E-state index contributed by atoms with van der Waals surface area (Å²) in [5, 5.41) is 10.3. The Labute approximate surface area is 241 Å². The van der Waals surface area contributed by atoms with Crippen LogP contribution in [0, 0.1) is 0 Å². The number of aliphatic carboxylic acids is 1. The van der Waals surface area contributed by atoms with Crippen LogP contribution in [0.5, 0.6) is 5.75 Å². The number of nitrogens with zero attached hydrogens (tertiary/aromatic N) is 4. The molecule has 1 N–H and O–H groups in total. The molecule has 42 heavy (non-hydrogen) atoms. The molecule has 6 rings (SSSR count). The van der Waals surface area contributed by atoms with Gasteiger partial charge in [-0.3, -0.25) is 9.80 Å². The first-order chi connectivity index (χ1) is 20.4. The van der Waals surface area contributed by atoms with E-state index in [2.05, 4.69) is 0 Å². The molecule has 4 amide bonds. The number of ether oxygens (including phenoxy) is 1. The van der Waals surface area contributed by atoms with Gasteiger partial charge in [0, 0.05) is 13.1 Å². The highest BCUT2D eigenvalue weighted by atomic mass is 16.5. The molecule has 1 saturated heterocycles. The summed E-state index contributed by atoms with van der Waals surface area (Å²) >= 11 is 0. The van der Waals surface area contributed by atoms with Gasteiger partial charge in [0.15, 0.2) is 5.75 Å². The number of rotatable bonds is 3. The van der Waals surface area contributed by atoms with E-state index in [1.165, 1.54) is 19.6 Å². The lowest BCUT2D eigenvalue weighted by molar-refractivity contribution is -0.143. The number of amides is 4. The lowest BCUT2D eigenvalue weighted by Gasteiger charge is -2.42. The molecule has 10 nitrogen and oxygen atoms in total. The summed E-state index contributed by atoms with van der Waals surface area (Å²) in [4.78, 5) is 59.2. The molecule has 0 aromatic heterocycles. The smallest absolute Gasteiger partial charge is 0.345 e. The molecule has 0 unspecified atom stereocenters. The Balaban J connectivity index is 1.33. The largest absolute Gasteiger partial charge is 0.480 e. The molecule has 0 saturated carbocycles. The van der Waals surface area contributed by atoms with Gasteiger partial charge in [-0.15, -0.1) is 0 Å². The molecule has 0 bridgehead atoms. The van der Waals surface area contributed by atoms with Gasteiger partial charge in [-0.1, -0.05) is 60.7 Å². The van der Waals surface area contributed by atoms with Gasteiger partial charge in [-0.05, 0) is 48.5 Å². The number of hydrogen-bond donors (Lipinski definition) is 1. The van der Waals surface area contributed by atoms with Crippen LogP contribution in [0.1, 0.15) is 10.4 Å². The number of hydrogen-bond acceptors (Lipinski definition) is 5. The predicted octanol–water partition coefficient (Wildman–Crippen LogP) is 5.51. The van der Waals surface area contributed by atoms with Crippen LogP contribution in [0.3, 0.4) is 0 Å². The van der Waals surface area contributed by atoms with Crippen molar-refractivity contribution < 1.29 is 29.0 Å². The number of carbonyl (C=O) groups excluding carboxylic acids is 3. The van der Waals surface area contributed by atoms with Crippen LogP contribution in [0.2, 0.25) is 0 Å². The van der Waals surface area contributed by atoms with E-state index in [1.807, 2.05) is 36.4 Å². The molecule has 210 valence electrons. The van der Waals surface area contributed by atoms with Crippen LogP contribution in [-0.2, 0) is 4.79 Å². The lowest BCUT2D eigenvalue weighted by atomic mass is 10.1. The fraction of sp³-hybridized carbons (Fsp3) is 0.125. The van der Waals surface area contributed by atoms with Crippen molar-refractivity contribution in [3.05, 3.63) is 115 Å². The van der Waals surface area contributed by atoms with Gasteiger partial charge >= 0.3 is 24.0 Å². The zero-order valence-electron chi connectivity index (χ0n) is 22.4. The van der Waals surface area contributed by atoms with Crippen molar-refractivity contribution in [1.29, 1.82) is 0 Å². The Kier molecular flexibility index (Phi) is 7.02. The predicted molar refractivity (Wildman–Crippen MR) is 155 cm³/mol. The Morgan fingerprint density at radius 1 is 0.738 bits per heavy atom. The van der Waals surface area contributed by atoms with Crippen molar-refractivity contribution in [3.63, 3.8) is 0 Å². The number of fused-ring (bicyclic) bond motifs is 2. The highest BCUT2D eigenvalue weighted by Gasteiger charge is 2.42. The third-order valence-electron chi connectivity index (χ3n) is 7.27. The van der Waals surface area contributed by atoms with E-state index in [0.717, 1.165) is 0 Å². The number of carbonyl (C=O) groups is 4. The first kappa shape index (κ1) is 26.6. The molecule has 4 aromatic carbocycles. The average molecular weight is 563 g/mol. The van der Waals surface area contributed by atoms with Gasteiger partial charge in [0.25, 0.3) is 0 Å². The van der Waals surface area contributed by atoms with E-state index in [4.69, 9.17) is 4.74 Å². The number of carboxylic acids is 1. The molecule has 2 heterocycles. The van der Waals surface area contributed by atoms with Crippen molar-refractivity contribution in [2.45, 2.75) is 6.04 Å². The zero-order chi connectivity index (χ0) is 29.2. The van der Waals surface area contributed by atoms with Crippen molar-refractivity contribution in [2.75, 3.05) is 29.4 Å². The number of esters is 1. The molecule has 1 atom stereocenters. The highest BCUT2D eigenvalue weighted by molar-refractivity contribution is 6.10. The van der Waals surface area contributed by atoms with E-state index in [9.17, 15) is 24.3 Å². The van der Waals surface area contributed by atoms with Gasteiger partial charge < -0.3 is 19.6 Å². The van der Waals surface area contributed by atoms with Gasteiger partial charge in [0.2, 0.25) is 0 Å². The standard InChI is InChI=1S/C32H26N4O6/c37-29(38)27-21-33(31(40)35(22-11-3-1-4-12-22)23-13-5-2-6-14-23)19-20-34(27)32(41)36-25-16-8-7-15-24(25)30(39)42-28-18-10-9-17-26(28)36/h1-18,27H,19-21H2,(H,37,38)/t27-/m0/s1. The van der Waals surface area contributed by atoms with Crippen molar-refractivity contribution in [3.8, 4) is 5.75 Å². The van der Waals surface area contributed by atoms with E-state index in [1.54, 1.807) is 72.8 Å². The van der Waals surface area contributed by atoms with Gasteiger partial charge in [0.1, 0.15) is 6.04 Å². The van der Waals surface area contributed by atoms with Gasteiger partial charge in [-0.2, -0.15) is 0 Å². The molecule has 0 aliphatic carbocycles. The maximum Gasteiger partial charge on any atom is 0.345 e. The van der Waals surface area contributed by atoms with E-state index in [0.29, 0.717) is 17.1 Å². The molecule has 1 fully saturated rings. The molecule has 0 spiro atoms. The monoisotopic (exact) mass is 562 g/mol. The Morgan fingerprint density at radius 2 is 1.31 bits per heavy atom. The molecule has 10 heteroatoms. The van der Waals surface area contributed by atoms with Crippen LogP contribution in [0.4, 0.5) is 32.3 Å². The van der Waals surface area contributed by atoms with Crippen molar-refractivity contribution >= 4 is 46.8 Å². The SMILES string of the molecule is O=C1Oc2ccccc2N(C(=O)N2CCN(C(=O)N(c3ccccc3)c3ccccc3)C[C@H]2C(=O)O)c2ccccc21. The topological polar surface area (TPSA) is 111 Å². The second kappa shape index (κ2) is 11.1. The third kappa shape index (κ3) is 4.79. The Bertz CT molecular complexity index is 1620. The number of para-hydroxylation sites is 5. The summed E-state index contributed by atoms with van der Waals surface area (Å²) in [6.07, 6.45) is 0. The van der Waals surface area contributed by atoms with Crippen LogP contribution < -0.4 is 14.5 Å². The minimum atomic E-state index is -1.34. The number of urea groups is 2. The van der Waals surface area contributed by atoms with Crippen LogP contribution in [0.15, 0.2) is 109 Å². The van der Waals surface area contributed by atoms with Gasteiger partial charge in [0.05, 0.1) is 34.9 Å². The van der Waals surface area contributed by atoms with Crippen molar-refractivity contribution in [2.24, 2.45) is 0 Å². The average Bonchev–Trinajstić information content (AvgIpc) is 3.15. The summed E-state index contributed by atoms with van der Waals surface area (Å²) in [5.41, 5.74) is 2.01. The summed E-state index contributed by atoms with van der Waals surface area (Å²) in [6.45, 7) is -0.186. The highest BCUT2D eigenvalue weighted by Crippen LogP contribution is 2.40. The van der Waals surface area contributed by atoms with Crippen LogP contribution in [-0.4, -0.2) is 64.6 Å². The molecule has 2 aliphatic rings. The fourth-order valence-electron chi connectivity index (χ4n) is 5.25. The van der Waals surface area contributed by atoms with E-state index in [-0.39, 0.29) is 36.6 Å². The maximum absolute atomic E-state index is 14.2. The molecule has 0 radical (unpaired) electrons. The molecular weight excluding hydrogens is 536 g/mol. The van der Waals surface area contributed by atoms with Crippen LogP contribution in [0.25, 0.3) is 0 Å². The number of benzene rings is 4. The molecule has 2 aliphatic heterocycles. The normalized spacial score (nSPS) is 16.0. The lowest BCUT2D eigenvalue weighted by Crippen LogP contribution is -2.62.